The Hall–Kier alpha value is -1.62. The number of carbonyl (C=O) groups excluding carboxylic acids is 2. The summed E-state index contributed by atoms with van der Waals surface area (Å²) >= 11 is 0. The van der Waals surface area contributed by atoms with Crippen LogP contribution >= 0.6 is 0 Å². The average Bonchev–Trinajstić information content (AvgIpc) is 2.67. The number of hydrogen-bond donors (Lipinski definition) is 1. The molecule has 1 N–H and O–H groups in total. The van der Waals surface area contributed by atoms with E-state index in [0.717, 1.165) is 24.0 Å². The second kappa shape index (κ2) is 6.24. The molecule has 1 aliphatic carbocycles. The first kappa shape index (κ1) is 16.7. The van der Waals surface area contributed by atoms with Crippen LogP contribution in [0.4, 0.5) is 0 Å². The number of carbonyl (C=O) groups is 2. The minimum absolute atomic E-state index is 0.277. The molecule has 0 bridgehead atoms. The minimum atomic E-state index is -1.08. The highest BCUT2D eigenvalue weighted by atomic mass is 16.6. The second-order valence-electron chi connectivity index (χ2n) is 6.46. The average molecular weight is 308 g/mol. The SMILES string of the molecule is CC(=O)O[C@]1(C)C[C@@H]2OC(=O)C(C)=C2CCC(C)=CC[C@@H]1O. The lowest BCUT2D eigenvalue weighted by Crippen LogP contribution is -2.46. The van der Waals surface area contributed by atoms with Crippen molar-refractivity contribution >= 4 is 11.9 Å². The van der Waals surface area contributed by atoms with Gasteiger partial charge in [-0.1, -0.05) is 11.6 Å². The molecule has 0 aromatic heterocycles. The molecule has 0 aromatic rings. The summed E-state index contributed by atoms with van der Waals surface area (Å²) in [5.74, 6) is -0.772. The number of hydrogen-bond acceptors (Lipinski definition) is 5. The molecule has 0 saturated heterocycles. The third-order valence-corrected chi connectivity index (χ3v) is 4.58. The van der Waals surface area contributed by atoms with Crippen molar-refractivity contribution in [3.63, 3.8) is 0 Å². The Morgan fingerprint density at radius 1 is 1.41 bits per heavy atom. The van der Waals surface area contributed by atoms with E-state index < -0.39 is 23.8 Å². The van der Waals surface area contributed by atoms with Crippen LogP contribution in [0.15, 0.2) is 22.8 Å². The standard InChI is InChI=1S/C17H24O5/c1-10-5-7-13-11(2)16(20)21-14(13)9-17(4,22-12(3)18)15(19)8-6-10/h6,14-15,19H,5,7-9H2,1-4H3/t14-,15-,17+/m0/s1. The van der Waals surface area contributed by atoms with Crippen LogP contribution in [0, 0.1) is 0 Å². The van der Waals surface area contributed by atoms with Gasteiger partial charge < -0.3 is 14.6 Å². The lowest BCUT2D eigenvalue weighted by molar-refractivity contribution is -0.173. The van der Waals surface area contributed by atoms with E-state index in [0.29, 0.717) is 12.0 Å². The molecule has 22 heavy (non-hydrogen) atoms. The number of rotatable bonds is 1. The van der Waals surface area contributed by atoms with Crippen molar-refractivity contribution in [2.45, 2.75) is 71.2 Å². The smallest absolute Gasteiger partial charge is 0.334 e. The van der Waals surface area contributed by atoms with Crippen molar-refractivity contribution in [3.8, 4) is 0 Å². The van der Waals surface area contributed by atoms with Gasteiger partial charge >= 0.3 is 11.9 Å². The zero-order valence-electron chi connectivity index (χ0n) is 13.6. The summed E-state index contributed by atoms with van der Waals surface area (Å²) in [4.78, 5) is 23.3. The third kappa shape index (κ3) is 3.40. The third-order valence-electron chi connectivity index (χ3n) is 4.58. The van der Waals surface area contributed by atoms with Crippen LogP contribution in [-0.4, -0.2) is 34.9 Å². The van der Waals surface area contributed by atoms with Crippen LogP contribution in [0.3, 0.4) is 0 Å². The first-order valence-corrected chi connectivity index (χ1v) is 7.67. The fraction of sp³-hybridized carbons (Fsp3) is 0.647. The van der Waals surface area contributed by atoms with Crippen molar-refractivity contribution in [1.29, 1.82) is 0 Å². The monoisotopic (exact) mass is 308 g/mol. The van der Waals surface area contributed by atoms with Gasteiger partial charge in [-0.2, -0.15) is 0 Å². The number of aliphatic hydroxyl groups is 1. The highest BCUT2D eigenvalue weighted by Crippen LogP contribution is 2.36. The Kier molecular flexibility index (Phi) is 4.75. The summed E-state index contributed by atoms with van der Waals surface area (Å²) in [6.45, 7) is 6.78. The maximum Gasteiger partial charge on any atom is 0.334 e. The molecule has 0 fully saturated rings. The van der Waals surface area contributed by atoms with Gasteiger partial charge in [-0.05, 0) is 45.6 Å². The van der Waals surface area contributed by atoms with Crippen molar-refractivity contribution in [3.05, 3.63) is 22.8 Å². The molecule has 0 spiro atoms. The molecular weight excluding hydrogens is 284 g/mol. The number of allylic oxidation sites excluding steroid dienone is 1. The zero-order valence-corrected chi connectivity index (χ0v) is 13.6. The lowest BCUT2D eigenvalue weighted by Gasteiger charge is -2.36. The fourth-order valence-electron chi connectivity index (χ4n) is 3.11. The molecule has 1 heterocycles. The highest BCUT2D eigenvalue weighted by Gasteiger charge is 2.43. The number of ether oxygens (including phenoxy) is 2. The quantitative estimate of drug-likeness (QED) is 0.595. The van der Waals surface area contributed by atoms with Gasteiger partial charge in [0.05, 0.1) is 6.10 Å². The Labute approximate surface area is 131 Å². The van der Waals surface area contributed by atoms with Gasteiger partial charge in [0.1, 0.15) is 11.7 Å². The summed E-state index contributed by atoms with van der Waals surface area (Å²) < 4.78 is 10.8. The Morgan fingerprint density at radius 3 is 2.73 bits per heavy atom. The first-order chi connectivity index (χ1) is 10.2. The van der Waals surface area contributed by atoms with Crippen LogP contribution in [0.25, 0.3) is 0 Å². The van der Waals surface area contributed by atoms with E-state index in [2.05, 4.69) is 0 Å². The van der Waals surface area contributed by atoms with Crippen LogP contribution in [0.1, 0.15) is 53.4 Å². The lowest BCUT2D eigenvalue weighted by atomic mass is 9.84. The van der Waals surface area contributed by atoms with Gasteiger partial charge in [-0.3, -0.25) is 4.79 Å². The van der Waals surface area contributed by atoms with E-state index in [-0.39, 0.29) is 12.4 Å². The van der Waals surface area contributed by atoms with Crippen molar-refractivity contribution in [2.75, 3.05) is 0 Å². The molecule has 1 aliphatic heterocycles. The molecule has 0 radical (unpaired) electrons. The normalized spacial score (nSPS) is 33.0. The topological polar surface area (TPSA) is 72.8 Å². The maximum atomic E-state index is 11.9. The van der Waals surface area contributed by atoms with E-state index in [9.17, 15) is 14.7 Å². The zero-order chi connectivity index (χ0) is 16.5. The van der Waals surface area contributed by atoms with Crippen LogP contribution in [0.5, 0.6) is 0 Å². The van der Waals surface area contributed by atoms with Crippen LogP contribution < -0.4 is 0 Å². The van der Waals surface area contributed by atoms with Gasteiger partial charge in [0.2, 0.25) is 0 Å². The van der Waals surface area contributed by atoms with Gasteiger partial charge in [0.15, 0.2) is 0 Å². The highest BCUT2D eigenvalue weighted by molar-refractivity contribution is 5.91. The molecule has 3 atom stereocenters. The second-order valence-corrected chi connectivity index (χ2v) is 6.46. The molecule has 5 heteroatoms. The van der Waals surface area contributed by atoms with Crippen molar-refractivity contribution in [1.82, 2.24) is 0 Å². The van der Waals surface area contributed by atoms with Gasteiger partial charge in [-0.15, -0.1) is 0 Å². The van der Waals surface area contributed by atoms with Gasteiger partial charge in [0, 0.05) is 18.9 Å². The van der Waals surface area contributed by atoms with Gasteiger partial charge in [-0.25, -0.2) is 4.79 Å². The molecule has 0 saturated carbocycles. The Bertz CT molecular complexity index is 545. The summed E-state index contributed by atoms with van der Waals surface area (Å²) in [6, 6.07) is 0. The maximum absolute atomic E-state index is 11.9. The molecule has 5 nitrogen and oxygen atoms in total. The molecule has 122 valence electrons. The largest absolute Gasteiger partial charge is 0.457 e. The van der Waals surface area contributed by atoms with E-state index in [1.807, 2.05) is 13.0 Å². The molecule has 0 aromatic carbocycles. The predicted octanol–water partition coefficient (Wildman–Crippen LogP) is 2.43. The number of fused-ring (bicyclic) bond motifs is 1. The summed E-state index contributed by atoms with van der Waals surface area (Å²) in [6.07, 6.45) is 2.96. The Morgan fingerprint density at radius 2 is 2.09 bits per heavy atom. The van der Waals surface area contributed by atoms with Crippen molar-refractivity contribution < 1.29 is 24.2 Å². The summed E-state index contributed by atoms with van der Waals surface area (Å²) in [5.41, 5.74) is 1.65. The van der Waals surface area contributed by atoms with Crippen LogP contribution in [0.2, 0.25) is 0 Å². The fourth-order valence-corrected chi connectivity index (χ4v) is 3.11. The molecule has 0 amide bonds. The molecule has 2 rings (SSSR count). The summed E-state index contributed by atoms with van der Waals surface area (Å²) in [5, 5.41) is 10.5. The van der Waals surface area contributed by atoms with E-state index in [1.54, 1.807) is 13.8 Å². The molecule has 0 unspecified atom stereocenters. The predicted molar refractivity (Wildman–Crippen MR) is 81.0 cm³/mol. The first-order valence-electron chi connectivity index (χ1n) is 7.67. The number of esters is 2. The molecular formula is C17H24O5. The van der Waals surface area contributed by atoms with Crippen LogP contribution in [-0.2, 0) is 19.1 Å². The summed E-state index contributed by atoms with van der Waals surface area (Å²) in [7, 11) is 0. The molecule has 2 aliphatic rings. The van der Waals surface area contributed by atoms with Crippen molar-refractivity contribution in [2.24, 2.45) is 0 Å². The van der Waals surface area contributed by atoms with E-state index >= 15 is 0 Å². The number of aliphatic hydroxyl groups excluding tert-OH is 1. The van der Waals surface area contributed by atoms with E-state index in [4.69, 9.17) is 9.47 Å². The Balaban J connectivity index is 2.38. The van der Waals surface area contributed by atoms with Gasteiger partial charge in [0.25, 0.3) is 0 Å². The minimum Gasteiger partial charge on any atom is -0.457 e. The van der Waals surface area contributed by atoms with E-state index in [1.165, 1.54) is 6.92 Å².